The van der Waals surface area contributed by atoms with Crippen LogP contribution < -0.4 is 0 Å². The highest BCUT2D eigenvalue weighted by Crippen LogP contribution is 2.46. The number of hydrogen-bond acceptors (Lipinski definition) is 2. The van der Waals surface area contributed by atoms with Gasteiger partial charge in [0.25, 0.3) is 0 Å². The second kappa shape index (κ2) is 12.2. The summed E-state index contributed by atoms with van der Waals surface area (Å²) in [6.07, 6.45) is 12.0. The van der Waals surface area contributed by atoms with Crippen molar-refractivity contribution in [3.8, 4) is 44.5 Å². The highest BCUT2D eigenvalue weighted by atomic mass is 16.3. The SMILES string of the molecule is C1=CC2=Cc3oc4cccc(-c5ccc(-c6c7ccccc7c(-c7ccc(-c8ccc9oc%10ccccc%10c9c8)cc7)c7ccccc67)cc5)c4c3CC2C=C1. The van der Waals surface area contributed by atoms with Crippen molar-refractivity contribution in [3.05, 3.63) is 199 Å². The zero-order valence-electron chi connectivity index (χ0n) is 30.5. The van der Waals surface area contributed by atoms with Crippen molar-refractivity contribution >= 4 is 60.5 Å². The smallest absolute Gasteiger partial charge is 0.135 e. The molecule has 0 aliphatic heterocycles. The zero-order valence-corrected chi connectivity index (χ0v) is 30.5. The number of furan rings is 2. The summed E-state index contributed by atoms with van der Waals surface area (Å²) < 4.78 is 12.6. The number of benzene rings is 8. The van der Waals surface area contributed by atoms with E-state index in [9.17, 15) is 0 Å². The van der Waals surface area contributed by atoms with Gasteiger partial charge in [0.15, 0.2) is 0 Å². The summed E-state index contributed by atoms with van der Waals surface area (Å²) in [4.78, 5) is 0. The van der Waals surface area contributed by atoms with Gasteiger partial charge < -0.3 is 8.83 Å². The van der Waals surface area contributed by atoms with Gasteiger partial charge in [-0.05, 0) is 108 Å². The molecule has 2 aliphatic rings. The van der Waals surface area contributed by atoms with Crippen molar-refractivity contribution in [1.29, 1.82) is 0 Å². The van der Waals surface area contributed by atoms with E-state index in [0.29, 0.717) is 5.92 Å². The lowest BCUT2D eigenvalue weighted by molar-refractivity contribution is 0.586. The molecule has 0 fully saturated rings. The average molecular weight is 715 g/mol. The Kier molecular flexibility index (Phi) is 6.79. The number of fused-ring (bicyclic) bond motifs is 9. The lowest BCUT2D eigenvalue weighted by Gasteiger charge is -2.21. The van der Waals surface area contributed by atoms with Gasteiger partial charge in [0.05, 0.1) is 0 Å². The molecule has 2 heterocycles. The average Bonchev–Trinajstić information content (AvgIpc) is 3.82. The van der Waals surface area contributed by atoms with Crippen LogP contribution in [0.1, 0.15) is 11.3 Å². The molecule has 10 aromatic rings. The second-order valence-electron chi connectivity index (χ2n) is 15.1. The summed E-state index contributed by atoms with van der Waals surface area (Å²) in [7, 11) is 0. The first-order valence-corrected chi connectivity index (χ1v) is 19.4. The van der Waals surface area contributed by atoms with E-state index in [1.54, 1.807) is 0 Å². The zero-order chi connectivity index (χ0) is 36.7. The molecule has 1 atom stereocenters. The van der Waals surface area contributed by atoms with Crippen LogP contribution in [0.5, 0.6) is 0 Å². The van der Waals surface area contributed by atoms with Gasteiger partial charge in [-0.2, -0.15) is 0 Å². The molecule has 262 valence electrons. The monoisotopic (exact) mass is 714 g/mol. The summed E-state index contributed by atoms with van der Waals surface area (Å²) in [6.45, 7) is 0. The molecule has 2 aromatic heterocycles. The van der Waals surface area contributed by atoms with Crippen LogP contribution in [0.4, 0.5) is 0 Å². The quantitative estimate of drug-likeness (QED) is 0.170. The minimum Gasteiger partial charge on any atom is -0.456 e. The molecule has 2 nitrogen and oxygen atoms in total. The topological polar surface area (TPSA) is 26.3 Å². The van der Waals surface area contributed by atoms with E-state index in [2.05, 4.69) is 176 Å². The fourth-order valence-electron chi connectivity index (χ4n) is 9.40. The van der Waals surface area contributed by atoms with Crippen LogP contribution >= 0.6 is 0 Å². The molecule has 0 saturated carbocycles. The first kappa shape index (κ1) is 31.2. The van der Waals surface area contributed by atoms with Gasteiger partial charge in [-0.3, -0.25) is 0 Å². The molecule has 56 heavy (non-hydrogen) atoms. The summed E-state index contributed by atoms with van der Waals surface area (Å²) in [5.74, 6) is 1.39. The van der Waals surface area contributed by atoms with E-state index in [4.69, 9.17) is 8.83 Å². The van der Waals surface area contributed by atoms with E-state index in [0.717, 1.165) is 39.7 Å². The van der Waals surface area contributed by atoms with Gasteiger partial charge in [-0.25, -0.2) is 0 Å². The van der Waals surface area contributed by atoms with Crippen molar-refractivity contribution in [3.63, 3.8) is 0 Å². The van der Waals surface area contributed by atoms with Crippen molar-refractivity contribution < 1.29 is 8.83 Å². The minimum atomic E-state index is 0.393. The standard InChI is InChI=1S/C54H34O2/c1-2-11-38-32-51-47(31-37(38)10-1)54-40(17-9-19-50(54)56-51)34-22-26-36(27-23-34)53-44-15-5-3-13-42(44)52(43-14-4-6-16-45(43)53)35-24-20-33(21-25-35)39-28-29-49-46(30-39)41-12-7-8-18-48(41)55-49/h1-30,32,37H,31H2. The Morgan fingerprint density at radius 1 is 0.429 bits per heavy atom. The lowest BCUT2D eigenvalue weighted by atomic mass is 9.82. The predicted molar refractivity (Wildman–Crippen MR) is 234 cm³/mol. The molecule has 2 heteroatoms. The van der Waals surface area contributed by atoms with E-state index in [1.165, 1.54) is 82.6 Å². The third-order valence-corrected chi connectivity index (χ3v) is 12.0. The highest BCUT2D eigenvalue weighted by Gasteiger charge is 2.26. The van der Waals surface area contributed by atoms with Crippen molar-refractivity contribution in [2.24, 2.45) is 5.92 Å². The van der Waals surface area contributed by atoms with Crippen LogP contribution in [0.3, 0.4) is 0 Å². The highest BCUT2D eigenvalue weighted by molar-refractivity contribution is 6.21. The van der Waals surface area contributed by atoms with Crippen LogP contribution in [-0.2, 0) is 6.42 Å². The van der Waals surface area contributed by atoms with Crippen LogP contribution in [-0.4, -0.2) is 0 Å². The molecule has 0 amide bonds. The van der Waals surface area contributed by atoms with Gasteiger partial charge in [0, 0.05) is 27.6 Å². The molecular formula is C54H34O2. The molecule has 0 saturated heterocycles. The summed E-state index contributed by atoms with van der Waals surface area (Å²) in [5, 5.41) is 8.52. The van der Waals surface area contributed by atoms with E-state index >= 15 is 0 Å². The van der Waals surface area contributed by atoms with Crippen molar-refractivity contribution in [2.75, 3.05) is 0 Å². The molecule has 12 rings (SSSR count). The van der Waals surface area contributed by atoms with Crippen LogP contribution in [0.25, 0.3) is 105 Å². The van der Waals surface area contributed by atoms with Crippen molar-refractivity contribution in [2.45, 2.75) is 6.42 Å². The van der Waals surface area contributed by atoms with Crippen LogP contribution in [0, 0.1) is 5.92 Å². The minimum absolute atomic E-state index is 0.393. The van der Waals surface area contributed by atoms with E-state index in [1.807, 2.05) is 12.1 Å². The van der Waals surface area contributed by atoms with Crippen LogP contribution in [0.15, 0.2) is 196 Å². The van der Waals surface area contributed by atoms with Gasteiger partial charge >= 0.3 is 0 Å². The molecule has 8 aromatic carbocycles. The third-order valence-electron chi connectivity index (χ3n) is 12.0. The Morgan fingerprint density at radius 3 is 1.70 bits per heavy atom. The van der Waals surface area contributed by atoms with Gasteiger partial charge in [0.1, 0.15) is 22.5 Å². The second-order valence-corrected chi connectivity index (χ2v) is 15.1. The Labute approximate surface area is 323 Å². The van der Waals surface area contributed by atoms with Gasteiger partial charge in [-0.1, -0.05) is 158 Å². The molecule has 0 spiro atoms. The Bertz CT molecular complexity index is 3250. The Balaban J connectivity index is 0.955. The van der Waals surface area contributed by atoms with Crippen molar-refractivity contribution in [1.82, 2.24) is 0 Å². The molecule has 2 aliphatic carbocycles. The van der Waals surface area contributed by atoms with E-state index < -0.39 is 0 Å². The molecule has 0 bridgehead atoms. The largest absolute Gasteiger partial charge is 0.456 e. The third kappa shape index (κ3) is 4.76. The van der Waals surface area contributed by atoms with Crippen LogP contribution in [0.2, 0.25) is 0 Å². The number of rotatable bonds is 4. The predicted octanol–water partition coefficient (Wildman–Crippen LogP) is 15.0. The van der Waals surface area contributed by atoms with E-state index in [-0.39, 0.29) is 0 Å². The maximum atomic E-state index is 6.46. The maximum Gasteiger partial charge on any atom is 0.135 e. The first-order valence-electron chi connectivity index (χ1n) is 19.4. The summed E-state index contributed by atoms with van der Waals surface area (Å²) in [5.41, 5.74) is 15.1. The Morgan fingerprint density at radius 2 is 1.00 bits per heavy atom. The molecule has 0 N–H and O–H groups in total. The Hall–Kier alpha value is -7.16. The fraction of sp³-hybridized carbons (Fsp3) is 0.0370. The molecule has 0 radical (unpaired) electrons. The maximum absolute atomic E-state index is 6.46. The fourth-order valence-corrected chi connectivity index (χ4v) is 9.40. The normalized spacial score (nSPS) is 14.9. The summed E-state index contributed by atoms with van der Waals surface area (Å²) >= 11 is 0. The van der Waals surface area contributed by atoms with Gasteiger partial charge in [-0.15, -0.1) is 0 Å². The molecule has 1 unspecified atom stereocenters. The number of hydrogen-bond donors (Lipinski definition) is 0. The number of para-hydroxylation sites is 1. The van der Waals surface area contributed by atoms with Gasteiger partial charge in [0.2, 0.25) is 0 Å². The number of allylic oxidation sites excluding steroid dienone is 5. The molecular weight excluding hydrogens is 681 g/mol. The summed E-state index contributed by atoms with van der Waals surface area (Å²) in [6, 6.07) is 57.3. The lowest BCUT2D eigenvalue weighted by Crippen LogP contribution is -2.10. The first-order chi connectivity index (χ1) is 27.7.